The van der Waals surface area contributed by atoms with Crippen molar-refractivity contribution in [2.75, 3.05) is 6.61 Å². The fraction of sp³-hybridized carbons (Fsp3) is 0.636. The van der Waals surface area contributed by atoms with Crippen molar-refractivity contribution in [3.05, 3.63) is 18.0 Å². The van der Waals surface area contributed by atoms with E-state index in [9.17, 15) is 5.11 Å². The molecule has 2 rings (SSSR count). The van der Waals surface area contributed by atoms with E-state index in [-0.39, 0.29) is 17.9 Å². The van der Waals surface area contributed by atoms with E-state index in [0.717, 1.165) is 5.69 Å². The molecule has 0 bridgehead atoms. The average Bonchev–Trinajstić information content (AvgIpc) is 3.09. The molecule has 1 saturated carbocycles. The number of hydrogen-bond donors (Lipinski definition) is 2. The Morgan fingerprint density at radius 2 is 2.38 bits per heavy atom. The van der Waals surface area contributed by atoms with Gasteiger partial charge in [-0.3, -0.25) is 0 Å². The molecule has 1 aliphatic carbocycles. The Morgan fingerprint density at radius 1 is 1.62 bits per heavy atom. The van der Waals surface area contributed by atoms with Crippen LogP contribution in [0.4, 0.5) is 0 Å². The molecule has 88 valence electrons. The topological polar surface area (TPSA) is 72.0 Å². The lowest BCUT2D eigenvalue weighted by molar-refractivity contribution is 0.277. The van der Waals surface area contributed by atoms with Crippen molar-refractivity contribution in [3.63, 3.8) is 0 Å². The van der Waals surface area contributed by atoms with Crippen LogP contribution in [0.1, 0.15) is 18.5 Å². The SMILES string of the molecule is Cc1ccnc(SC(CO)C(N)C2CC2)n1. The van der Waals surface area contributed by atoms with Crippen molar-refractivity contribution in [2.24, 2.45) is 11.7 Å². The Morgan fingerprint density at radius 3 is 2.94 bits per heavy atom. The Labute approximate surface area is 99.7 Å². The summed E-state index contributed by atoms with van der Waals surface area (Å²) in [4.78, 5) is 8.48. The van der Waals surface area contributed by atoms with Gasteiger partial charge in [-0.2, -0.15) is 0 Å². The zero-order chi connectivity index (χ0) is 11.5. The van der Waals surface area contributed by atoms with Crippen LogP contribution in [0.15, 0.2) is 17.4 Å². The molecular formula is C11H17N3OS. The molecule has 2 unspecified atom stereocenters. The fourth-order valence-electron chi connectivity index (χ4n) is 1.64. The maximum Gasteiger partial charge on any atom is 0.188 e. The Kier molecular flexibility index (Phi) is 3.78. The first kappa shape index (κ1) is 11.8. The smallest absolute Gasteiger partial charge is 0.188 e. The van der Waals surface area contributed by atoms with Crippen LogP contribution in [0.5, 0.6) is 0 Å². The van der Waals surface area contributed by atoms with Gasteiger partial charge in [0.25, 0.3) is 0 Å². The summed E-state index contributed by atoms with van der Waals surface area (Å²) in [6.45, 7) is 2.01. The first-order valence-electron chi connectivity index (χ1n) is 5.53. The molecule has 0 saturated heterocycles. The van der Waals surface area contributed by atoms with Crippen LogP contribution in [0, 0.1) is 12.8 Å². The van der Waals surface area contributed by atoms with E-state index in [4.69, 9.17) is 5.73 Å². The summed E-state index contributed by atoms with van der Waals surface area (Å²) in [6.07, 6.45) is 4.11. The van der Waals surface area contributed by atoms with E-state index >= 15 is 0 Å². The lowest BCUT2D eigenvalue weighted by Gasteiger charge is -2.20. The number of rotatable bonds is 5. The third-order valence-corrected chi connectivity index (χ3v) is 3.98. The fourth-order valence-corrected chi connectivity index (χ4v) is 2.68. The van der Waals surface area contributed by atoms with Crippen molar-refractivity contribution in [1.29, 1.82) is 0 Å². The number of aryl methyl sites for hydroxylation is 1. The lowest BCUT2D eigenvalue weighted by atomic mass is 10.1. The first-order valence-corrected chi connectivity index (χ1v) is 6.41. The van der Waals surface area contributed by atoms with Gasteiger partial charge in [0, 0.05) is 17.9 Å². The monoisotopic (exact) mass is 239 g/mol. The molecule has 1 heterocycles. The molecule has 2 atom stereocenters. The van der Waals surface area contributed by atoms with Gasteiger partial charge in [0.2, 0.25) is 0 Å². The quantitative estimate of drug-likeness (QED) is 0.592. The molecule has 0 spiro atoms. The van der Waals surface area contributed by atoms with Crippen molar-refractivity contribution in [2.45, 2.75) is 36.2 Å². The zero-order valence-corrected chi connectivity index (χ0v) is 10.2. The minimum atomic E-state index is 0.00861. The van der Waals surface area contributed by atoms with E-state index in [0.29, 0.717) is 11.1 Å². The summed E-state index contributed by atoms with van der Waals surface area (Å²) in [5, 5.41) is 10.1. The van der Waals surface area contributed by atoms with E-state index < -0.39 is 0 Å². The van der Waals surface area contributed by atoms with Crippen LogP contribution in [0.2, 0.25) is 0 Å². The third kappa shape index (κ3) is 2.93. The normalized spacial score (nSPS) is 19.4. The molecule has 1 fully saturated rings. The standard InChI is InChI=1S/C11H17N3OS/c1-7-4-5-13-11(14-7)16-9(6-15)10(12)8-2-3-8/h4-5,8-10,15H,2-3,6,12H2,1H3. The molecule has 1 aromatic heterocycles. The predicted octanol–water partition coefficient (Wildman–Crippen LogP) is 0.975. The number of aromatic nitrogens is 2. The van der Waals surface area contributed by atoms with Gasteiger partial charge in [0.1, 0.15) is 0 Å². The largest absolute Gasteiger partial charge is 0.395 e. The van der Waals surface area contributed by atoms with Crippen molar-refractivity contribution in [1.82, 2.24) is 9.97 Å². The number of thioether (sulfide) groups is 1. The second-order valence-corrected chi connectivity index (χ2v) is 5.44. The highest BCUT2D eigenvalue weighted by atomic mass is 32.2. The number of aliphatic hydroxyl groups is 1. The summed E-state index contributed by atoms with van der Waals surface area (Å²) in [5.41, 5.74) is 7.02. The van der Waals surface area contributed by atoms with Gasteiger partial charge in [-0.25, -0.2) is 9.97 Å². The maximum absolute atomic E-state index is 9.35. The zero-order valence-electron chi connectivity index (χ0n) is 9.34. The van der Waals surface area contributed by atoms with Gasteiger partial charge >= 0.3 is 0 Å². The van der Waals surface area contributed by atoms with Crippen molar-refractivity contribution < 1.29 is 5.11 Å². The molecule has 0 aliphatic heterocycles. The van der Waals surface area contributed by atoms with Crippen LogP contribution in [-0.2, 0) is 0 Å². The van der Waals surface area contributed by atoms with E-state index in [1.54, 1.807) is 6.20 Å². The summed E-state index contributed by atoms with van der Waals surface area (Å²) < 4.78 is 0. The van der Waals surface area contributed by atoms with Crippen LogP contribution in [0.25, 0.3) is 0 Å². The molecule has 4 nitrogen and oxygen atoms in total. The molecule has 0 radical (unpaired) electrons. The van der Waals surface area contributed by atoms with Crippen LogP contribution < -0.4 is 5.73 Å². The van der Waals surface area contributed by atoms with Crippen LogP contribution in [-0.4, -0.2) is 33.0 Å². The summed E-state index contributed by atoms with van der Waals surface area (Å²) >= 11 is 1.48. The highest BCUT2D eigenvalue weighted by Crippen LogP contribution is 2.36. The Balaban J connectivity index is 2.00. The van der Waals surface area contributed by atoms with Gasteiger partial charge < -0.3 is 10.8 Å². The number of nitrogens with zero attached hydrogens (tertiary/aromatic N) is 2. The summed E-state index contributed by atoms with van der Waals surface area (Å²) in [5.74, 6) is 0.578. The molecule has 5 heteroatoms. The van der Waals surface area contributed by atoms with Crippen LogP contribution in [0.3, 0.4) is 0 Å². The second-order valence-electron chi connectivity index (χ2n) is 4.23. The average molecular weight is 239 g/mol. The van der Waals surface area contributed by atoms with E-state index in [2.05, 4.69) is 9.97 Å². The first-order chi connectivity index (χ1) is 7.70. The van der Waals surface area contributed by atoms with E-state index in [1.165, 1.54) is 24.6 Å². The molecule has 1 aliphatic rings. The van der Waals surface area contributed by atoms with E-state index in [1.807, 2.05) is 13.0 Å². The van der Waals surface area contributed by atoms with Gasteiger partial charge in [0.05, 0.1) is 11.9 Å². The summed E-state index contributed by atoms with van der Waals surface area (Å²) in [6, 6.07) is 1.91. The highest BCUT2D eigenvalue weighted by Gasteiger charge is 2.34. The van der Waals surface area contributed by atoms with Gasteiger partial charge in [0.15, 0.2) is 5.16 Å². The number of nitrogens with two attached hydrogens (primary N) is 1. The van der Waals surface area contributed by atoms with Crippen LogP contribution >= 0.6 is 11.8 Å². The Hall–Kier alpha value is -0.650. The number of aliphatic hydroxyl groups excluding tert-OH is 1. The molecule has 0 aromatic carbocycles. The maximum atomic E-state index is 9.35. The number of hydrogen-bond acceptors (Lipinski definition) is 5. The van der Waals surface area contributed by atoms with Crippen molar-refractivity contribution in [3.8, 4) is 0 Å². The Bertz CT molecular complexity index is 357. The minimum Gasteiger partial charge on any atom is -0.395 e. The second kappa shape index (κ2) is 5.12. The van der Waals surface area contributed by atoms with Gasteiger partial charge in [-0.1, -0.05) is 11.8 Å². The molecule has 3 N–H and O–H groups in total. The lowest BCUT2D eigenvalue weighted by Crippen LogP contribution is -2.37. The predicted molar refractivity (Wildman–Crippen MR) is 64.2 cm³/mol. The van der Waals surface area contributed by atoms with Crippen molar-refractivity contribution >= 4 is 11.8 Å². The molecular weight excluding hydrogens is 222 g/mol. The highest BCUT2D eigenvalue weighted by molar-refractivity contribution is 7.99. The molecule has 0 amide bonds. The molecule has 16 heavy (non-hydrogen) atoms. The van der Waals surface area contributed by atoms with Gasteiger partial charge in [-0.05, 0) is 31.7 Å². The third-order valence-electron chi connectivity index (χ3n) is 2.81. The summed E-state index contributed by atoms with van der Waals surface area (Å²) in [7, 11) is 0. The van der Waals surface area contributed by atoms with Gasteiger partial charge in [-0.15, -0.1) is 0 Å². The minimum absolute atomic E-state index is 0.00861. The molecule has 1 aromatic rings.